The van der Waals surface area contributed by atoms with Crippen LogP contribution in [0.1, 0.15) is 13.8 Å². The van der Waals surface area contributed by atoms with Gasteiger partial charge in [0, 0.05) is 18.8 Å². The Balaban J connectivity index is 1.52. The molecule has 0 unspecified atom stereocenters. The second kappa shape index (κ2) is 10.5. The van der Waals surface area contributed by atoms with Gasteiger partial charge in [-0.2, -0.15) is 4.31 Å². The van der Waals surface area contributed by atoms with E-state index >= 15 is 0 Å². The number of fused-ring (bicyclic) bond motifs is 1. The fourth-order valence-corrected chi connectivity index (χ4v) is 4.84. The van der Waals surface area contributed by atoms with Crippen molar-refractivity contribution in [2.75, 3.05) is 25.0 Å². The highest BCUT2D eigenvalue weighted by Gasteiger charge is 2.21. The van der Waals surface area contributed by atoms with Crippen molar-refractivity contribution in [1.29, 1.82) is 0 Å². The van der Waals surface area contributed by atoms with Crippen molar-refractivity contribution in [3.8, 4) is 5.75 Å². The van der Waals surface area contributed by atoms with Gasteiger partial charge in [0.25, 0.3) is 5.91 Å². The van der Waals surface area contributed by atoms with Gasteiger partial charge in [0.05, 0.1) is 4.90 Å². The number of sulfonamides is 1. The molecule has 168 valence electrons. The van der Waals surface area contributed by atoms with Crippen LogP contribution in [0.3, 0.4) is 0 Å². The van der Waals surface area contributed by atoms with E-state index in [9.17, 15) is 13.2 Å². The summed E-state index contributed by atoms with van der Waals surface area (Å²) in [4.78, 5) is 12.4. The maximum absolute atomic E-state index is 12.5. The molecule has 0 radical (unpaired) electrons. The van der Waals surface area contributed by atoms with E-state index in [2.05, 4.69) is 10.6 Å². The van der Waals surface area contributed by atoms with Crippen molar-refractivity contribution >= 4 is 49.7 Å². The van der Waals surface area contributed by atoms with Crippen LogP contribution >= 0.6 is 12.2 Å². The van der Waals surface area contributed by atoms with Gasteiger partial charge in [-0.15, -0.1) is 0 Å². The highest BCUT2D eigenvalue weighted by atomic mass is 32.2. The first-order chi connectivity index (χ1) is 15.3. The molecule has 0 spiro atoms. The molecule has 0 saturated carbocycles. The number of hydrogen-bond donors (Lipinski definition) is 2. The third-order valence-corrected chi connectivity index (χ3v) is 7.07. The van der Waals surface area contributed by atoms with E-state index in [1.807, 2.05) is 36.4 Å². The molecule has 0 atom stereocenters. The average Bonchev–Trinajstić information content (AvgIpc) is 2.78. The summed E-state index contributed by atoms with van der Waals surface area (Å²) in [6, 6.07) is 19.7. The number of benzene rings is 3. The van der Waals surface area contributed by atoms with Crippen LogP contribution in [0.4, 0.5) is 5.69 Å². The topological polar surface area (TPSA) is 87.7 Å². The Hall–Kier alpha value is -3.01. The Bertz CT molecular complexity index is 1210. The van der Waals surface area contributed by atoms with Gasteiger partial charge < -0.3 is 10.1 Å². The van der Waals surface area contributed by atoms with Gasteiger partial charge in [0.15, 0.2) is 11.7 Å². The van der Waals surface area contributed by atoms with Crippen molar-refractivity contribution in [3.05, 3.63) is 66.7 Å². The van der Waals surface area contributed by atoms with Crippen molar-refractivity contribution in [2.24, 2.45) is 0 Å². The van der Waals surface area contributed by atoms with Crippen molar-refractivity contribution < 1.29 is 17.9 Å². The summed E-state index contributed by atoms with van der Waals surface area (Å²) < 4.78 is 32.0. The number of ether oxygens (including phenoxy) is 1. The molecule has 0 bridgehead atoms. The number of nitrogens with one attached hydrogen (secondary N) is 2. The number of amides is 1. The number of hydrogen-bond acceptors (Lipinski definition) is 5. The van der Waals surface area contributed by atoms with Crippen molar-refractivity contribution in [3.63, 3.8) is 0 Å². The van der Waals surface area contributed by atoms with Gasteiger partial charge in [0.2, 0.25) is 10.0 Å². The van der Waals surface area contributed by atoms with Crippen molar-refractivity contribution in [2.45, 2.75) is 18.7 Å². The normalized spacial score (nSPS) is 11.3. The van der Waals surface area contributed by atoms with E-state index in [1.54, 1.807) is 32.0 Å². The minimum atomic E-state index is -3.53. The van der Waals surface area contributed by atoms with Crippen LogP contribution in [0.15, 0.2) is 71.6 Å². The number of nitrogens with zero attached hydrogens (tertiary/aromatic N) is 1. The largest absolute Gasteiger partial charge is 0.484 e. The third-order valence-electron chi connectivity index (χ3n) is 4.80. The lowest BCUT2D eigenvalue weighted by Crippen LogP contribution is -2.37. The van der Waals surface area contributed by atoms with E-state index in [0.717, 1.165) is 10.8 Å². The Labute approximate surface area is 193 Å². The quantitative estimate of drug-likeness (QED) is 0.487. The van der Waals surface area contributed by atoms with Crippen LogP contribution in [-0.2, 0) is 14.8 Å². The fourth-order valence-electron chi connectivity index (χ4n) is 3.15. The van der Waals surface area contributed by atoms with Crippen LogP contribution in [0.2, 0.25) is 0 Å². The first-order valence-corrected chi connectivity index (χ1v) is 12.0. The van der Waals surface area contributed by atoms with E-state index in [1.165, 1.54) is 16.4 Å². The summed E-state index contributed by atoms with van der Waals surface area (Å²) >= 11 is 5.17. The van der Waals surface area contributed by atoms with Crippen LogP contribution in [0, 0.1) is 0 Å². The zero-order chi connectivity index (χ0) is 23.1. The van der Waals surface area contributed by atoms with Gasteiger partial charge in [-0.1, -0.05) is 44.2 Å². The maximum Gasteiger partial charge on any atom is 0.264 e. The number of rotatable bonds is 8. The lowest BCUT2D eigenvalue weighted by atomic mass is 10.1. The third kappa shape index (κ3) is 5.82. The molecule has 0 fully saturated rings. The Kier molecular flexibility index (Phi) is 7.79. The van der Waals surface area contributed by atoms with Gasteiger partial charge >= 0.3 is 0 Å². The number of anilines is 1. The van der Waals surface area contributed by atoms with E-state index in [4.69, 9.17) is 17.0 Å². The predicted molar refractivity (Wildman–Crippen MR) is 130 cm³/mol. The predicted octanol–water partition coefficient (Wildman–Crippen LogP) is 3.76. The molecular weight excluding hydrogens is 446 g/mol. The van der Waals surface area contributed by atoms with Crippen LogP contribution in [-0.4, -0.2) is 43.4 Å². The summed E-state index contributed by atoms with van der Waals surface area (Å²) in [5.41, 5.74) is 0.559. The highest BCUT2D eigenvalue weighted by Crippen LogP contribution is 2.20. The van der Waals surface area contributed by atoms with E-state index < -0.39 is 15.9 Å². The number of carbonyl (C=O) groups excluding carboxylic acids is 1. The van der Waals surface area contributed by atoms with Crippen LogP contribution in [0.5, 0.6) is 5.75 Å². The summed E-state index contributed by atoms with van der Waals surface area (Å²) in [6.45, 7) is 4.19. The molecule has 3 aromatic rings. The van der Waals surface area contributed by atoms with Gasteiger partial charge in [0.1, 0.15) is 5.75 Å². The zero-order valence-electron chi connectivity index (χ0n) is 17.9. The molecule has 0 aliphatic rings. The average molecular weight is 472 g/mol. The lowest BCUT2D eigenvalue weighted by molar-refractivity contribution is -0.121. The lowest BCUT2D eigenvalue weighted by Gasteiger charge is -2.18. The molecule has 1 amide bonds. The molecule has 0 aliphatic carbocycles. The fraction of sp³-hybridized carbons (Fsp3) is 0.217. The molecule has 0 heterocycles. The first kappa shape index (κ1) is 23.6. The van der Waals surface area contributed by atoms with E-state index in [0.29, 0.717) is 24.5 Å². The summed E-state index contributed by atoms with van der Waals surface area (Å²) in [6.07, 6.45) is 0. The molecule has 3 aromatic carbocycles. The van der Waals surface area contributed by atoms with Gasteiger partial charge in [-0.25, -0.2) is 8.42 Å². The maximum atomic E-state index is 12.5. The molecule has 9 heteroatoms. The van der Waals surface area contributed by atoms with Crippen LogP contribution in [0.25, 0.3) is 10.8 Å². The first-order valence-electron chi connectivity index (χ1n) is 10.2. The Morgan fingerprint density at radius 1 is 0.969 bits per heavy atom. The Morgan fingerprint density at radius 2 is 1.62 bits per heavy atom. The molecule has 2 N–H and O–H groups in total. The molecule has 0 aliphatic heterocycles. The molecule has 32 heavy (non-hydrogen) atoms. The zero-order valence-corrected chi connectivity index (χ0v) is 19.5. The standard InChI is InChI=1S/C23H25N3O4S2/c1-3-26(4-2)32(28,29)21-13-10-19(11-14-21)24-23(31)25-22(27)16-30-20-12-9-17-7-5-6-8-18(17)15-20/h5-15H,3-4,16H2,1-2H3,(H2,24,25,27,31). The Morgan fingerprint density at radius 3 is 2.28 bits per heavy atom. The molecular formula is C23H25N3O4S2. The summed E-state index contributed by atoms with van der Waals surface area (Å²) in [5.74, 6) is 0.180. The molecule has 0 saturated heterocycles. The van der Waals surface area contributed by atoms with Gasteiger partial charge in [-0.3, -0.25) is 10.1 Å². The smallest absolute Gasteiger partial charge is 0.264 e. The monoisotopic (exact) mass is 471 g/mol. The number of thiocarbonyl (C=S) groups is 1. The number of carbonyl (C=O) groups is 1. The SMILES string of the molecule is CCN(CC)S(=O)(=O)c1ccc(NC(=S)NC(=O)COc2ccc3ccccc3c2)cc1. The summed E-state index contributed by atoms with van der Waals surface area (Å²) in [7, 11) is -3.53. The van der Waals surface area contributed by atoms with Crippen molar-refractivity contribution in [1.82, 2.24) is 9.62 Å². The second-order valence-corrected chi connectivity index (χ2v) is 9.26. The second-order valence-electron chi connectivity index (χ2n) is 6.91. The molecule has 0 aromatic heterocycles. The molecule has 3 rings (SSSR count). The van der Waals surface area contributed by atoms with Crippen LogP contribution < -0.4 is 15.4 Å². The minimum absolute atomic E-state index is 0.0939. The minimum Gasteiger partial charge on any atom is -0.484 e. The van der Waals surface area contributed by atoms with Gasteiger partial charge in [-0.05, 0) is 59.4 Å². The highest BCUT2D eigenvalue weighted by molar-refractivity contribution is 7.89. The molecule has 7 nitrogen and oxygen atoms in total. The summed E-state index contributed by atoms with van der Waals surface area (Å²) in [5, 5.41) is 7.62. The van der Waals surface area contributed by atoms with E-state index in [-0.39, 0.29) is 16.6 Å².